The minimum absolute atomic E-state index is 0.108. The molecule has 4 unspecified atom stereocenters. The Morgan fingerprint density at radius 3 is 2.68 bits per heavy atom. The number of alkyl halides is 2. The molecule has 3 heterocycles. The molecule has 2 bridgehead atoms. The second-order valence-corrected chi connectivity index (χ2v) is 9.08. The Labute approximate surface area is 170 Å². The fraction of sp³-hybridized carbons (Fsp3) is 0.467. The lowest BCUT2D eigenvalue weighted by atomic mass is 9.90. The van der Waals surface area contributed by atoms with Crippen LogP contribution in [0.4, 0.5) is 8.78 Å². The van der Waals surface area contributed by atoms with E-state index in [0.717, 1.165) is 0 Å². The maximum absolute atomic E-state index is 13.4. The fourth-order valence-electron chi connectivity index (χ4n) is 3.42. The number of ether oxygens (including phenoxy) is 4. The second-order valence-electron chi connectivity index (χ2n) is 6.46. The van der Waals surface area contributed by atoms with Crippen molar-refractivity contribution in [3.63, 3.8) is 0 Å². The van der Waals surface area contributed by atoms with Gasteiger partial charge in [-0.25, -0.2) is 9.59 Å². The van der Waals surface area contributed by atoms with E-state index in [2.05, 4.69) is 4.74 Å². The SMILES string of the molecule is O=C1OC2(CC3OC2CC3OC(=O)C(F)(F)S(=O)(=O)O)Oc2c(I)cccc21. The molecule has 4 rings (SSSR count). The summed E-state index contributed by atoms with van der Waals surface area (Å²) in [6.07, 6.45) is -3.35. The first kappa shape index (κ1) is 19.7. The van der Waals surface area contributed by atoms with Crippen LogP contribution in [-0.4, -0.2) is 54.3 Å². The molecule has 1 aromatic carbocycles. The van der Waals surface area contributed by atoms with E-state index in [1.165, 1.54) is 6.07 Å². The van der Waals surface area contributed by atoms with Gasteiger partial charge in [-0.3, -0.25) is 4.55 Å². The van der Waals surface area contributed by atoms with Gasteiger partial charge in [0.25, 0.3) is 5.79 Å². The van der Waals surface area contributed by atoms with Crippen LogP contribution in [0.3, 0.4) is 0 Å². The normalized spacial score (nSPS) is 31.3. The van der Waals surface area contributed by atoms with Gasteiger partial charge in [-0.05, 0) is 34.7 Å². The van der Waals surface area contributed by atoms with Crippen LogP contribution >= 0.6 is 22.6 Å². The molecule has 9 nitrogen and oxygen atoms in total. The van der Waals surface area contributed by atoms with Gasteiger partial charge >= 0.3 is 27.3 Å². The van der Waals surface area contributed by atoms with E-state index in [9.17, 15) is 26.8 Å². The van der Waals surface area contributed by atoms with Crippen LogP contribution < -0.4 is 4.74 Å². The molecule has 0 radical (unpaired) electrons. The Morgan fingerprint density at radius 2 is 2.07 bits per heavy atom. The number of hydrogen-bond acceptors (Lipinski definition) is 8. The Balaban J connectivity index is 1.52. The molecule has 28 heavy (non-hydrogen) atoms. The molecular weight excluding hydrogens is 521 g/mol. The maximum atomic E-state index is 13.4. The summed E-state index contributed by atoms with van der Waals surface area (Å²) in [5.41, 5.74) is 0.232. The number of fused-ring (bicyclic) bond motifs is 4. The molecule has 152 valence electrons. The number of benzene rings is 1. The molecule has 1 aromatic rings. The van der Waals surface area contributed by atoms with Crippen LogP contribution in [0, 0.1) is 3.57 Å². The molecule has 13 heteroatoms. The van der Waals surface area contributed by atoms with E-state index in [1.54, 1.807) is 12.1 Å². The average molecular weight is 532 g/mol. The van der Waals surface area contributed by atoms with Crippen LogP contribution in [0.5, 0.6) is 5.75 Å². The van der Waals surface area contributed by atoms with Crippen LogP contribution in [0.15, 0.2) is 18.2 Å². The monoisotopic (exact) mass is 532 g/mol. The van der Waals surface area contributed by atoms with Gasteiger partial charge in [0.15, 0.2) is 5.75 Å². The highest BCUT2D eigenvalue weighted by Crippen LogP contribution is 2.50. The van der Waals surface area contributed by atoms with Crippen molar-refractivity contribution >= 4 is 44.6 Å². The summed E-state index contributed by atoms with van der Waals surface area (Å²) in [6, 6.07) is 4.91. The zero-order valence-corrected chi connectivity index (χ0v) is 16.6. The summed E-state index contributed by atoms with van der Waals surface area (Å²) in [4.78, 5) is 23.8. The van der Waals surface area contributed by atoms with E-state index in [-0.39, 0.29) is 18.4 Å². The Hall–Kier alpha value is -1.58. The van der Waals surface area contributed by atoms with Crippen LogP contribution in [0.2, 0.25) is 0 Å². The van der Waals surface area contributed by atoms with Gasteiger partial charge < -0.3 is 18.9 Å². The van der Waals surface area contributed by atoms with Gasteiger partial charge in [0.2, 0.25) is 0 Å². The second kappa shape index (κ2) is 6.21. The third-order valence-electron chi connectivity index (χ3n) is 4.72. The maximum Gasteiger partial charge on any atom is 0.465 e. The number of halogens is 3. The summed E-state index contributed by atoms with van der Waals surface area (Å²) in [5.74, 6) is -4.24. The van der Waals surface area contributed by atoms with E-state index < -0.39 is 51.4 Å². The zero-order valence-electron chi connectivity index (χ0n) is 13.6. The summed E-state index contributed by atoms with van der Waals surface area (Å²) in [6.45, 7) is 0. The van der Waals surface area contributed by atoms with Gasteiger partial charge in [0, 0.05) is 6.42 Å². The van der Waals surface area contributed by atoms with E-state index in [0.29, 0.717) is 9.32 Å². The highest BCUT2D eigenvalue weighted by Gasteiger charge is 2.65. The molecule has 1 N–H and O–H groups in total. The molecule has 2 fully saturated rings. The van der Waals surface area contributed by atoms with E-state index in [4.69, 9.17) is 18.8 Å². The summed E-state index contributed by atoms with van der Waals surface area (Å²) in [5, 5.41) is -5.10. The summed E-state index contributed by atoms with van der Waals surface area (Å²) >= 11 is 1.98. The number of hydrogen-bond donors (Lipinski definition) is 1. The van der Waals surface area contributed by atoms with Crippen molar-refractivity contribution in [3.05, 3.63) is 27.3 Å². The molecule has 3 aliphatic heterocycles. The average Bonchev–Trinajstić information content (AvgIpc) is 3.12. The number of carbonyl (C=O) groups is 2. The largest absolute Gasteiger partial charge is 0.465 e. The number of esters is 2. The molecular formula is C15H11F2IO9S. The quantitative estimate of drug-likeness (QED) is 0.350. The lowest BCUT2D eigenvalue weighted by Gasteiger charge is -2.39. The molecule has 0 amide bonds. The first-order valence-corrected chi connectivity index (χ1v) is 10.4. The van der Waals surface area contributed by atoms with E-state index >= 15 is 0 Å². The van der Waals surface area contributed by atoms with Gasteiger partial charge in [0.05, 0.1) is 9.99 Å². The summed E-state index contributed by atoms with van der Waals surface area (Å²) in [7, 11) is -5.97. The molecule has 0 aliphatic carbocycles. The molecule has 2 saturated heterocycles. The molecule has 3 aliphatic rings. The van der Waals surface area contributed by atoms with Crippen LogP contribution in [-0.2, 0) is 29.1 Å². The molecule has 1 spiro atoms. The highest BCUT2D eigenvalue weighted by molar-refractivity contribution is 14.1. The van der Waals surface area contributed by atoms with Crippen molar-refractivity contribution in [2.45, 2.75) is 42.2 Å². The van der Waals surface area contributed by atoms with Crippen molar-refractivity contribution in [2.75, 3.05) is 0 Å². The lowest BCUT2D eigenvalue weighted by molar-refractivity contribution is -0.192. The number of carbonyl (C=O) groups excluding carboxylic acids is 2. The lowest BCUT2D eigenvalue weighted by Crippen LogP contribution is -2.54. The Kier molecular flexibility index (Phi) is 4.37. The first-order chi connectivity index (χ1) is 12.9. The van der Waals surface area contributed by atoms with Crippen molar-refractivity contribution in [3.8, 4) is 5.75 Å². The first-order valence-electron chi connectivity index (χ1n) is 7.87. The van der Waals surface area contributed by atoms with E-state index in [1.807, 2.05) is 22.6 Å². The third-order valence-corrected chi connectivity index (χ3v) is 6.39. The summed E-state index contributed by atoms with van der Waals surface area (Å²) < 4.78 is 78.6. The Bertz CT molecular complexity index is 982. The van der Waals surface area contributed by atoms with Crippen molar-refractivity contribution < 1.29 is 50.3 Å². The zero-order chi connectivity index (χ0) is 20.5. The van der Waals surface area contributed by atoms with Crippen LogP contribution in [0.25, 0.3) is 0 Å². The van der Waals surface area contributed by atoms with Crippen molar-refractivity contribution in [1.29, 1.82) is 0 Å². The van der Waals surface area contributed by atoms with Gasteiger partial charge in [-0.2, -0.15) is 17.2 Å². The Morgan fingerprint density at radius 1 is 1.36 bits per heavy atom. The van der Waals surface area contributed by atoms with Crippen molar-refractivity contribution in [1.82, 2.24) is 0 Å². The molecule has 0 saturated carbocycles. The molecule has 0 aromatic heterocycles. The number of para-hydroxylation sites is 1. The number of rotatable bonds is 3. The standard InChI is InChI=1S/C15H11F2IO9S/c16-15(17,28(21,22)23)13(20)25-8-4-10-14(5-9(8)24-10)26-11-6(12(19)27-14)2-1-3-7(11)18/h1-3,8-10H,4-5H2,(H,21,22,23). The molecule has 4 atom stereocenters. The van der Waals surface area contributed by atoms with Crippen molar-refractivity contribution in [2.24, 2.45) is 0 Å². The van der Waals surface area contributed by atoms with Crippen LogP contribution in [0.1, 0.15) is 23.2 Å². The topological polar surface area (TPSA) is 125 Å². The van der Waals surface area contributed by atoms with Gasteiger partial charge in [-0.15, -0.1) is 0 Å². The van der Waals surface area contributed by atoms with Gasteiger partial charge in [0.1, 0.15) is 23.9 Å². The predicted molar refractivity (Wildman–Crippen MR) is 92.2 cm³/mol. The fourth-order valence-corrected chi connectivity index (χ4v) is 4.29. The predicted octanol–water partition coefficient (Wildman–Crippen LogP) is 1.49. The third kappa shape index (κ3) is 2.86. The highest BCUT2D eigenvalue weighted by atomic mass is 127. The van der Waals surface area contributed by atoms with Gasteiger partial charge in [-0.1, -0.05) is 6.07 Å². The smallest absolute Gasteiger partial charge is 0.454 e. The minimum atomic E-state index is -5.97. The minimum Gasteiger partial charge on any atom is -0.454 e.